The lowest BCUT2D eigenvalue weighted by molar-refractivity contribution is -0.116. The van der Waals surface area contributed by atoms with E-state index >= 15 is 0 Å². The zero-order chi connectivity index (χ0) is 20.9. The number of pyridine rings is 1. The Morgan fingerprint density at radius 2 is 1.97 bits per heavy atom. The molecule has 1 amide bonds. The van der Waals surface area contributed by atoms with Crippen LogP contribution in [0.5, 0.6) is 0 Å². The van der Waals surface area contributed by atoms with Gasteiger partial charge in [-0.1, -0.05) is 25.1 Å². The molecule has 3 rings (SSSR count). The summed E-state index contributed by atoms with van der Waals surface area (Å²) in [5, 5.41) is 10.9. The number of amides is 1. The highest BCUT2D eigenvalue weighted by Crippen LogP contribution is 2.21. The second-order valence-electron chi connectivity index (χ2n) is 6.42. The molecule has 154 valence electrons. The van der Waals surface area contributed by atoms with Gasteiger partial charge >= 0.3 is 0 Å². The third-order valence-electron chi connectivity index (χ3n) is 4.53. The molecule has 0 fully saturated rings. The Bertz CT molecular complexity index is 1080. The van der Waals surface area contributed by atoms with Crippen LogP contribution in [0.15, 0.2) is 47.5 Å². The fraction of sp³-hybridized carbons (Fsp3) is 0.368. The number of carbonyl (C=O) groups excluding carboxylic acids is 1. The highest BCUT2D eigenvalue weighted by atomic mass is 32.2. The molecule has 2 aromatic heterocycles. The first-order chi connectivity index (χ1) is 14.0. The molecule has 1 N–H and O–H groups in total. The van der Waals surface area contributed by atoms with Crippen molar-refractivity contribution in [1.82, 2.24) is 24.3 Å². The van der Waals surface area contributed by atoms with Gasteiger partial charge in [-0.3, -0.25) is 4.79 Å². The van der Waals surface area contributed by atoms with Crippen LogP contribution in [-0.2, 0) is 21.4 Å². The summed E-state index contributed by atoms with van der Waals surface area (Å²) in [6.07, 6.45) is 2.49. The Morgan fingerprint density at radius 1 is 1.17 bits per heavy atom. The van der Waals surface area contributed by atoms with Crippen molar-refractivity contribution in [3.05, 3.63) is 42.6 Å². The van der Waals surface area contributed by atoms with Crippen LogP contribution in [0, 0.1) is 0 Å². The van der Waals surface area contributed by atoms with Gasteiger partial charge < -0.3 is 5.32 Å². The summed E-state index contributed by atoms with van der Waals surface area (Å²) in [5.41, 5.74) is 1.24. The van der Waals surface area contributed by atoms with Crippen molar-refractivity contribution in [2.75, 3.05) is 18.4 Å². The molecule has 0 spiro atoms. The zero-order valence-corrected chi connectivity index (χ0v) is 17.3. The van der Waals surface area contributed by atoms with Gasteiger partial charge in [-0.2, -0.15) is 4.31 Å². The number of nitrogens with one attached hydrogen (secondary N) is 1. The quantitative estimate of drug-likeness (QED) is 0.573. The normalized spacial score (nSPS) is 11.8. The number of aromatic nitrogens is 4. The maximum Gasteiger partial charge on any atom is 0.243 e. The molecule has 0 saturated heterocycles. The van der Waals surface area contributed by atoms with Crippen molar-refractivity contribution in [2.24, 2.45) is 0 Å². The van der Waals surface area contributed by atoms with Gasteiger partial charge in [0.25, 0.3) is 0 Å². The first-order valence-corrected chi connectivity index (χ1v) is 10.9. The molecule has 0 atom stereocenters. The molecular formula is C19H24N6O3S. The first kappa shape index (κ1) is 20.9. The number of hydrogen-bond donors (Lipinski definition) is 1. The van der Waals surface area contributed by atoms with Crippen molar-refractivity contribution >= 4 is 32.8 Å². The number of nitrogens with zero attached hydrogens (tertiary/aromatic N) is 5. The summed E-state index contributed by atoms with van der Waals surface area (Å²) < 4.78 is 28.4. The number of anilines is 1. The van der Waals surface area contributed by atoms with E-state index in [2.05, 4.69) is 20.6 Å². The largest absolute Gasteiger partial charge is 0.311 e. The van der Waals surface area contributed by atoms with Crippen LogP contribution in [0.3, 0.4) is 0 Å². The van der Waals surface area contributed by atoms with Crippen LogP contribution >= 0.6 is 0 Å². The molecule has 0 unspecified atom stereocenters. The van der Waals surface area contributed by atoms with Crippen LogP contribution < -0.4 is 5.32 Å². The lowest BCUT2D eigenvalue weighted by Gasteiger charge is -2.18. The molecule has 29 heavy (non-hydrogen) atoms. The number of sulfonamides is 1. The van der Waals surface area contributed by atoms with Crippen LogP contribution in [0.25, 0.3) is 11.0 Å². The van der Waals surface area contributed by atoms with Gasteiger partial charge in [0.1, 0.15) is 11.3 Å². The van der Waals surface area contributed by atoms with Crippen molar-refractivity contribution in [1.29, 1.82) is 0 Å². The summed E-state index contributed by atoms with van der Waals surface area (Å²) in [6.45, 7) is 4.92. The Balaban J connectivity index is 1.65. The van der Waals surface area contributed by atoms with Gasteiger partial charge in [0, 0.05) is 32.3 Å². The molecule has 0 saturated carbocycles. The minimum Gasteiger partial charge on any atom is -0.311 e. The fourth-order valence-electron chi connectivity index (χ4n) is 3.02. The van der Waals surface area contributed by atoms with Gasteiger partial charge in [0.05, 0.1) is 10.4 Å². The number of aryl methyl sites for hydroxylation is 1. The lowest BCUT2D eigenvalue weighted by Crippen LogP contribution is -2.30. The predicted molar refractivity (Wildman–Crippen MR) is 110 cm³/mol. The molecular weight excluding hydrogens is 392 g/mol. The monoisotopic (exact) mass is 416 g/mol. The molecule has 9 nitrogen and oxygen atoms in total. The van der Waals surface area contributed by atoms with Gasteiger partial charge in [-0.15, -0.1) is 5.10 Å². The SMILES string of the molecule is CCN(CC)S(=O)(=O)c1ccc2c(c1)nnn2CCCC(=O)Nc1ccccn1. The summed E-state index contributed by atoms with van der Waals surface area (Å²) in [4.78, 5) is 16.3. The first-order valence-electron chi connectivity index (χ1n) is 9.50. The molecule has 3 aromatic rings. The van der Waals surface area contributed by atoms with Gasteiger partial charge in [0.2, 0.25) is 15.9 Å². The summed E-state index contributed by atoms with van der Waals surface area (Å²) in [7, 11) is -3.54. The topological polar surface area (TPSA) is 110 Å². The number of benzene rings is 1. The zero-order valence-electron chi connectivity index (χ0n) is 16.4. The number of hydrogen-bond acceptors (Lipinski definition) is 6. The smallest absolute Gasteiger partial charge is 0.243 e. The highest BCUT2D eigenvalue weighted by Gasteiger charge is 2.22. The molecule has 0 aliphatic heterocycles. The van der Waals surface area contributed by atoms with E-state index in [9.17, 15) is 13.2 Å². The number of fused-ring (bicyclic) bond motifs is 1. The van der Waals surface area contributed by atoms with Gasteiger partial charge in [-0.05, 0) is 36.8 Å². The summed E-state index contributed by atoms with van der Waals surface area (Å²) in [6, 6.07) is 10.1. The van der Waals surface area contributed by atoms with Crippen molar-refractivity contribution in [3.63, 3.8) is 0 Å². The predicted octanol–water partition coefficient (Wildman–Crippen LogP) is 2.28. The third-order valence-corrected chi connectivity index (χ3v) is 6.58. The maximum absolute atomic E-state index is 12.7. The molecule has 0 aliphatic carbocycles. The molecule has 10 heteroatoms. The average Bonchev–Trinajstić information content (AvgIpc) is 3.12. The van der Waals surface area contributed by atoms with Crippen molar-refractivity contribution < 1.29 is 13.2 Å². The Labute approximate surface area is 169 Å². The van der Waals surface area contributed by atoms with Crippen LogP contribution in [0.4, 0.5) is 5.82 Å². The van der Waals surface area contributed by atoms with Crippen LogP contribution in [0.2, 0.25) is 0 Å². The molecule has 0 radical (unpaired) electrons. The van der Waals surface area contributed by atoms with E-state index in [0.717, 1.165) is 5.52 Å². The summed E-state index contributed by atoms with van der Waals surface area (Å²) in [5.74, 6) is 0.395. The van der Waals surface area contributed by atoms with Crippen molar-refractivity contribution in [3.8, 4) is 0 Å². The summed E-state index contributed by atoms with van der Waals surface area (Å²) >= 11 is 0. The Kier molecular flexibility index (Phi) is 6.55. The molecule has 1 aromatic carbocycles. The Hall–Kier alpha value is -2.85. The second-order valence-corrected chi connectivity index (χ2v) is 8.36. The number of rotatable bonds is 9. The second kappa shape index (κ2) is 9.10. The maximum atomic E-state index is 12.7. The van der Waals surface area contributed by atoms with Crippen molar-refractivity contribution in [2.45, 2.75) is 38.1 Å². The van der Waals surface area contributed by atoms with E-state index in [1.807, 2.05) is 0 Å². The van der Waals surface area contributed by atoms with Crippen LogP contribution in [-0.4, -0.2) is 51.7 Å². The van der Waals surface area contributed by atoms with E-state index in [-0.39, 0.29) is 10.8 Å². The lowest BCUT2D eigenvalue weighted by atomic mass is 10.2. The van der Waals surface area contributed by atoms with Crippen LogP contribution in [0.1, 0.15) is 26.7 Å². The minimum absolute atomic E-state index is 0.124. The number of carbonyl (C=O) groups is 1. The highest BCUT2D eigenvalue weighted by molar-refractivity contribution is 7.89. The Morgan fingerprint density at radius 3 is 2.66 bits per heavy atom. The average molecular weight is 417 g/mol. The molecule has 0 aliphatic rings. The minimum atomic E-state index is -3.54. The van der Waals surface area contributed by atoms with E-state index in [4.69, 9.17) is 0 Å². The van der Waals surface area contributed by atoms with Gasteiger partial charge in [0.15, 0.2) is 0 Å². The van der Waals surface area contributed by atoms with E-state index in [0.29, 0.717) is 43.8 Å². The van der Waals surface area contributed by atoms with Gasteiger partial charge in [-0.25, -0.2) is 18.1 Å². The van der Waals surface area contributed by atoms with E-state index in [1.54, 1.807) is 61.1 Å². The molecule has 2 heterocycles. The third kappa shape index (κ3) is 4.77. The van der Waals surface area contributed by atoms with E-state index < -0.39 is 10.0 Å². The van der Waals surface area contributed by atoms with E-state index in [1.165, 1.54) is 4.31 Å². The standard InChI is InChI=1S/C19H24N6O3S/c1-3-24(4-2)29(27,28)15-10-11-17-16(14-15)22-23-25(17)13-7-9-19(26)21-18-8-5-6-12-20-18/h5-6,8,10-12,14H,3-4,7,9,13H2,1-2H3,(H,20,21,26). The molecule has 0 bridgehead atoms. The fourth-order valence-corrected chi connectivity index (χ4v) is 4.50.